The van der Waals surface area contributed by atoms with E-state index in [2.05, 4.69) is 0 Å². The zero-order valence-electron chi connectivity index (χ0n) is 12.7. The number of nitrogens with zero attached hydrogens (tertiary/aromatic N) is 1. The fraction of sp³-hybridized carbons (Fsp3) is 0.412. The molecule has 1 N–H and O–H groups in total. The summed E-state index contributed by atoms with van der Waals surface area (Å²) < 4.78 is 5.64. The van der Waals surface area contributed by atoms with Crippen LogP contribution in [0.4, 0.5) is 0 Å². The first-order valence-electron chi connectivity index (χ1n) is 7.48. The molecule has 0 radical (unpaired) electrons. The minimum Gasteiger partial charge on any atom is -0.481 e. The molecule has 2 atom stereocenters. The van der Waals surface area contributed by atoms with Gasteiger partial charge in [0.1, 0.15) is 5.58 Å². The molecule has 1 aromatic carbocycles. The molecular formula is C17H19NO4. The summed E-state index contributed by atoms with van der Waals surface area (Å²) in [5, 5.41) is 10.1. The number of carboxylic acids is 1. The fourth-order valence-corrected chi connectivity index (χ4v) is 3.12. The predicted molar refractivity (Wildman–Crippen MR) is 81.8 cm³/mol. The average molecular weight is 301 g/mol. The van der Waals surface area contributed by atoms with Crippen LogP contribution in [0.5, 0.6) is 0 Å². The number of carbonyl (C=O) groups excluding carboxylic acids is 1. The lowest BCUT2D eigenvalue weighted by Gasteiger charge is -2.34. The Morgan fingerprint density at radius 2 is 2.09 bits per heavy atom. The number of amides is 1. The van der Waals surface area contributed by atoms with E-state index in [1.54, 1.807) is 11.0 Å². The summed E-state index contributed by atoms with van der Waals surface area (Å²) >= 11 is 0. The maximum Gasteiger partial charge on any atom is 0.306 e. The molecule has 5 nitrogen and oxygen atoms in total. The number of piperidine rings is 1. The summed E-state index contributed by atoms with van der Waals surface area (Å²) in [6.45, 7) is 4.77. The number of carbonyl (C=O) groups is 2. The van der Waals surface area contributed by atoms with Crippen LogP contribution in [0.1, 0.15) is 29.5 Å². The Labute approximate surface area is 128 Å². The van der Waals surface area contributed by atoms with Crippen molar-refractivity contribution >= 4 is 22.8 Å². The Kier molecular flexibility index (Phi) is 3.64. The summed E-state index contributed by atoms with van der Waals surface area (Å²) in [6, 6.07) is 7.55. The first-order chi connectivity index (χ1) is 10.5. The maximum atomic E-state index is 12.6. The highest BCUT2D eigenvalue weighted by atomic mass is 16.4. The minimum absolute atomic E-state index is 0.0539. The van der Waals surface area contributed by atoms with Crippen molar-refractivity contribution in [1.29, 1.82) is 0 Å². The first kappa shape index (κ1) is 14.6. The molecular weight excluding hydrogens is 282 g/mol. The van der Waals surface area contributed by atoms with Gasteiger partial charge in [0.15, 0.2) is 5.76 Å². The third kappa shape index (κ3) is 2.58. The van der Waals surface area contributed by atoms with E-state index in [1.807, 2.05) is 32.0 Å². The van der Waals surface area contributed by atoms with Crippen LogP contribution in [0, 0.1) is 18.8 Å². The topological polar surface area (TPSA) is 70.8 Å². The highest BCUT2D eigenvalue weighted by Gasteiger charge is 2.34. The number of rotatable bonds is 2. The minimum atomic E-state index is -0.779. The lowest BCUT2D eigenvalue weighted by Crippen LogP contribution is -2.44. The van der Waals surface area contributed by atoms with E-state index in [0.29, 0.717) is 30.9 Å². The Hall–Kier alpha value is -2.30. The molecule has 0 bridgehead atoms. The van der Waals surface area contributed by atoms with Gasteiger partial charge in [0.2, 0.25) is 0 Å². The molecule has 0 aliphatic carbocycles. The smallest absolute Gasteiger partial charge is 0.306 e. The van der Waals surface area contributed by atoms with Crippen LogP contribution in [-0.4, -0.2) is 35.0 Å². The van der Waals surface area contributed by atoms with Crippen molar-refractivity contribution in [2.45, 2.75) is 20.3 Å². The van der Waals surface area contributed by atoms with Crippen molar-refractivity contribution in [3.05, 3.63) is 35.6 Å². The molecule has 3 rings (SSSR count). The van der Waals surface area contributed by atoms with Crippen LogP contribution in [-0.2, 0) is 4.79 Å². The van der Waals surface area contributed by atoms with E-state index in [1.165, 1.54) is 0 Å². The lowest BCUT2D eigenvalue weighted by molar-refractivity contribution is -0.145. The predicted octanol–water partition coefficient (Wildman–Crippen LogP) is 2.92. The Bertz CT molecular complexity index is 733. The number of aryl methyl sites for hydroxylation is 1. The van der Waals surface area contributed by atoms with Gasteiger partial charge in [-0.05, 0) is 37.5 Å². The molecule has 1 aliphatic heterocycles. The Balaban J connectivity index is 1.80. The largest absolute Gasteiger partial charge is 0.481 e. The highest BCUT2D eigenvalue weighted by molar-refractivity contribution is 5.96. The second-order valence-electron chi connectivity index (χ2n) is 6.11. The second kappa shape index (κ2) is 5.48. The summed E-state index contributed by atoms with van der Waals surface area (Å²) in [6.07, 6.45) is 0.488. The van der Waals surface area contributed by atoms with Gasteiger partial charge in [0.25, 0.3) is 5.91 Å². The van der Waals surface area contributed by atoms with Gasteiger partial charge in [0, 0.05) is 18.5 Å². The summed E-state index contributed by atoms with van der Waals surface area (Å²) in [5.74, 6) is -1.05. The molecule has 1 amide bonds. The van der Waals surface area contributed by atoms with Crippen LogP contribution in [0.2, 0.25) is 0 Å². The van der Waals surface area contributed by atoms with Crippen molar-refractivity contribution in [2.75, 3.05) is 13.1 Å². The average Bonchev–Trinajstić information content (AvgIpc) is 2.88. The molecule has 1 saturated heterocycles. The zero-order valence-corrected chi connectivity index (χ0v) is 12.7. The van der Waals surface area contributed by atoms with E-state index in [-0.39, 0.29) is 17.7 Å². The number of furan rings is 1. The van der Waals surface area contributed by atoms with Gasteiger partial charge in [-0.2, -0.15) is 0 Å². The Morgan fingerprint density at radius 3 is 2.77 bits per heavy atom. The van der Waals surface area contributed by atoms with E-state index in [9.17, 15) is 9.59 Å². The van der Waals surface area contributed by atoms with E-state index in [4.69, 9.17) is 9.52 Å². The highest BCUT2D eigenvalue weighted by Crippen LogP contribution is 2.27. The third-order valence-electron chi connectivity index (χ3n) is 4.39. The molecule has 1 aliphatic rings. The van der Waals surface area contributed by atoms with Gasteiger partial charge in [-0.25, -0.2) is 0 Å². The number of carboxylic acid groups (broad SMARTS) is 1. The lowest BCUT2D eigenvalue weighted by atomic mass is 9.87. The molecule has 1 fully saturated rings. The van der Waals surface area contributed by atoms with Gasteiger partial charge >= 0.3 is 5.97 Å². The molecule has 2 heterocycles. The van der Waals surface area contributed by atoms with E-state index < -0.39 is 5.97 Å². The monoisotopic (exact) mass is 301 g/mol. The molecule has 1 aromatic heterocycles. The molecule has 0 saturated carbocycles. The van der Waals surface area contributed by atoms with E-state index >= 15 is 0 Å². The second-order valence-corrected chi connectivity index (χ2v) is 6.11. The van der Waals surface area contributed by atoms with Crippen molar-refractivity contribution in [1.82, 2.24) is 4.90 Å². The summed E-state index contributed by atoms with van der Waals surface area (Å²) in [4.78, 5) is 25.4. The normalized spacial score (nSPS) is 22.0. The molecule has 116 valence electrons. The van der Waals surface area contributed by atoms with Crippen molar-refractivity contribution in [2.24, 2.45) is 11.8 Å². The standard InChI is InChI=1S/C17H19NO4/c1-10-3-4-14-12(7-10)8-15(22-14)16(19)18-6-5-13(17(20)21)11(2)9-18/h3-4,7-8,11,13H,5-6,9H2,1-2H3,(H,20,21). The molecule has 22 heavy (non-hydrogen) atoms. The maximum absolute atomic E-state index is 12.6. The van der Waals surface area contributed by atoms with Crippen LogP contribution in [0.15, 0.2) is 28.7 Å². The number of benzene rings is 1. The van der Waals surface area contributed by atoms with Gasteiger partial charge in [-0.3, -0.25) is 9.59 Å². The summed E-state index contributed by atoms with van der Waals surface area (Å²) in [7, 11) is 0. The SMILES string of the molecule is Cc1ccc2oc(C(=O)N3CCC(C(=O)O)C(C)C3)cc2c1. The van der Waals surface area contributed by atoms with Crippen LogP contribution in [0.25, 0.3) is 11.0 Å². The third-order valence-corrected chi connectivity index (χ3v) is 4.39. The van der Waals surface area contributed by atoms with Gasteiger partial charge < -0.3 is 14.4 Å². The van der Waals surface area contributed by atoms with Crippen LogP contribution >= 0.6 is 0 Å². The number of hydrogen-bond donors (Lipinski definition) is 1. The Morgan fingerprint density at radius 1 is 1.32 bits per heavy atom. The van der Waals surface area contributed by atoms with Gasteiger partial charge in [-0.15, -0.1) is 0 Å². The van der Waals surface area contributed by atoms with Crippen molar-refractivity contribution in [3.63, 3.8) is 0 Å². The molecule has 0 spiro atoms. The summed E-state index contributed by atoms with van der Waals surface area (Å²) in [5.41, 5.74) is 1.81. The number of likely N-dealkylation sites (tertiary alicyclic amines) is 1. The number of hydrogen-bond acceptors (Lipinski definition) is 3. The zero-order chi connectivity index (χ0) is 15.9. The molecule has 2 aromatic rings. The molecule has 5 heteroatoms. The fourth-order valence-electron chi connectivity index (χ4n) is 3.12. The number of aliphatic carboxylic acids is 1. The molecule has 2 unspecified atom stereocenters. The first-order valence-corrected chi connectivity index (χ1v) is 7.48. The van der Waals surface area contributed by atoms with Gasteiger partial charge in [0.05, 0.1) is 5.92 Å². The van der Waals surface area contributed by atoms with E-state index in [0.717, 1.165) is 10.9 Å². The van der Waals surface area contributed by atoms with Crippen molar-refractivity contribution < 1.29 is 19.1 Å². The van der Waals surface area contributed by atoms with Gasteiger partial charge in [-0.1, -0.05) is 18.6 Å². The van der Waals surface area contributed by atoms with Crippen LogP contribution < -0.4 is 0 Å². The van der Waals surface area contributed by atoms with Crippen molar-refractivity contribution in [3.8, 4) is 0 Å². The van der Waals surface area contributed by atoms with Crippen LogP contribution in [0.3, 0.4) is 0 Å². The number of fused-ring (bicyclic) bond motifs is 1. The quantitative estimate of drug-likeness (QED) is 0.926.